The zero-order valence-electron chi connectivity index (χ0n) is 11.6. The van der Waals surface area contributed by atoms with Crippen molar-refractivity contribution in [3.63, 3.8) is 0 Å². The molecule has 1 aromatic carbocycles. The highest BCUT2D eigenvalue weighted by Crippen LogP contribution is 2.10. The molecule has 0 saturated heterocycles. The normalized spacial score (nSPS) is 11.2. The summed E-state index contributed by atoms with van der Waals surface area (Å²) < 4.78 is 0. The summed E-state index contributed by atoms with van der Waals surface area (Å²) in [5, 5.41) is 0. The van der Waals surface area contributed by atoms with E-state index >= 15 is 0 Å². The van der Waals surface area contributed by atoms with Crippen LogP contribution in [0.15, 0.2) is 24.3 Å². The monoisotopic (exact) mass is 264 g/mol. The number of rotatable bonds is 7. The van der Waals surface area contributed by atoms with Crippen molar-refractivity contribution >= 4 is 17.2 Å². The maximum absolute atomic E-state index is 5.59. The van der Waals surface area contributed by atoms with Crippen LogP contribution in [0.25, 0.3) is 0 Å². The maximum Gasteiger partial charge on any atom is 0.0740 e. The van der Waals surface area contributed by atoms with E-state index in [1.165, 1.54) is 11.1 Å². The van der Waals surface area contributed by atoms with Crippen molar-refractivity contribution in [1.82, 2.24) is 4.90 Å². The van der Waals surface area contributed by atoms with E-state index in [9.17, 15) is 0 Å². The van der Waals surface area contributed by atoms with Gasteiger partial charge in [-0.15, -0.1) is 0 Å². The first-order valence-electron chi connectivity index (χ1n) is 6.53. The molecule has 0 saturated carbocycles. The Hall–Kier alpha value is -0.930. The molecular formula is C15H24N2S. The number of thiocarbonyl (C=S) groups is 1. The van der Waals surface area contributed by atoms with Crippen molar-refractivity contribution in [2.45, 2.75) is 33.7 Å². The van der Waals surface area contributed by atoms with E-state index in [-0.39, 0.29) is 0 Å². The Morgan fingerprint density at radius 3 is 2.67 bits per heavy atom. The average Bonchev–Trinajstić information content (AvgIpc) is 2.25. The molecule has 1 aromatic rings. The molecular weight excluding hydrogens is 240 g/mol. The van der Waals surface area contributed by atoms with Gasteiger partial charge in [-0.05, 0) is 18.4 Å². The summed E-state index contributed by atoms with van der Waals surface area (Å²) in [6, 6.07) is 8.67. The first-order chi connectivity index (χ1) is 8.47. The zero-order valence-corrected chi connectivity index (χ0v) is 12.5. The van der Waals surface area contributed by atoms with Gasteiger partial charge in [0.25, 0.3) is 0 Å². The van der Waals surface area contributed by atoms with Crippen molar-refractivity contribution in [3.8, 4) is 0 Å². The van der Waals surface area contributed by atoms with E-state index in [1.807, 2.05) is 0 Å². The SMILES string of the molecule is Cc1cccc(CN(CCC(N)=S)CC(C)C)c1. The van der Waals surface area contributed by atoms with Gasteiger partial charge < -0.3 is 5.73 Å². The van der Waals surface area contributed by atoms with Gasteiger partial charge in [0.1, 0.15) is 0 Å². The van der Waals surface area contributed by atoms with Crippen LogP contribution in [0.5, 0.6) is 0 Å². The average molecular weight is 264 g/mol. The summed E-state index contributed by atoms with van der Waals surface area (Å²) in [5.74, 6) is 0.654. The molecule has 2 nitrogen and oxygen atoms in total. The minimum atomic E-state index is 0.605. The van der Waals surface area contributed by atoms with E-state index < -0.39 is 0 Å². The molecule has 0 aliphatic rings. The second-order valence-corrected chi connectivity index (χ2v) is 5.86. The Balaban J connectivity index is 2.62. The van der Waals surface area contributed by atoms with E-state index in [2.05, 4.69) is 49.9 Å². The van der Waals surface area contributed by atoms with Gasteiger partial charge in [0.15, 0.2) is 0 Å². The van der Waals surface area contributed by atoms with Gasteiger partial charge in [-0.1, -0.05) is 55.9 Å². The molecule has 0 aliphatic carbocycles. The Bertz CT molecular complexity index is 388. The number of hydrogen-bond donors (Lipinski definition) is 1. The summed E-state index contributed by atoms with van der Waals surface area (Å²) in [5.41, 5.74) is 8.27. The molecule has 3 heteroatoms. The third-order valence-corrected chi connectivity index (χ3v) is 2.99. The third kappa shape index (κ3) is 6.12. The lowest BCUT2D eigenvalue weighted by Gasteiger charge is -2.24. The Kier molecular flexibility index (Phi) is 6.30. The van der Waals surface area contributed by atoms with E-state index in [1.54, 1.807) is 0 Å². The number of hydrogen-bond acceptors (Lipinski definition) is 2. The van der Waals surface area contributed by atoms with Gasteiger partial charge in [0, 0.05) is 26.1 Å². The number of nitrogens with zero attached hydrogens (tertiary/aromatic N) is 1. The fraction of sp³-hybridized carbons (Fsp3) is 0.533. The van der Waals surface area contributed by atoms with Crippen LogP contribution >= 0.6 is 12.2 Å². The fourth-order valence-electron chi connectivity index (χ4n) is 2.09. The molecule has 0 bridgehead atoms. The van der Waals surface area contributed by atoms with E-state index in [0.29, 0.717) is 10.9 Å². The van der Waals surface area contributed by atoms with Crippen LogP contribution in [0.4, 0.5) is 0 Å². The molecule has 0 atom stereocenters. The van der Waals surface area contributed by atoms with Gasteiger partial charge >= 0.3 is 0 Å². The Labute approximate surface area is 116 Å². The van der Waals surface area contributed by atoms with Crippen molar-refractivity contribution < 1.29 is 0 Å². The standard InChI is InChI=1S/C15H24N2S/c1-12(2)10-17(8-7-15(16)18)11-14-6-4-5-13(3)9-14/h4-6,9,12H,7-8,10-11H2,1-3H3,(H2,16,18). The molecule has 0 amide bonds. The van der Waals surface area contributed by atoms with Gasteiger partial charge in [0.05, 0.1) is 4.99 Å². The minimum absolute atomic E-state index is 0.605. The highest BCUT2D eigenvalue weighted by Gasteiger charge is 2.08. The summed E-state index contributed by atoms with van der Waals surface area (Å²) >= 11 is 4.96. The fourth-order valence-corrected chi connectivity index (χ4v) is 2.18. The molecule has 0 radical (unpaired) electrons. The van der Waals surface area contributed by atoms with Gasteiger partial charge in [-0.2, -0.15) is 0 Å². The van der Waals surface area contributed by atoms with Crippen molar-refractivity contribution in [2.24, 2.45) is 11.7 Å². The van der Waals surface area contributed by atoms with Crippen molar-refractivity contribution in [1.29, 1.82) is 0 Å². The number of nitrogens with two attached hydrogens (primary N) is 1. The number of aryl methyl sites for hydroxylation is 1. The molecule has 0 unspecified atom stereocenters. The first kappa shape index (κ1) is 15.1. The highest BCUT2D eigenvalue weighted by molar-refractivity contribution is 7.80. The summed E-state index contributed by atoms with van der Waals surface area (Å²) in [6.07, 6.45) is 0.799. The summed E-state index contributed by atoms with van der Waals surface area (Å²) in [6.45, 7) is 9.61. The van der Waals surface area contributed by atoms with Crippen LogP contribution < -0.4 is 5.73 Å². The van der Waals surface area contributed by atoms with Gasteiger partial charge in [-0.25, -0.2) is 0 Å². The second kappa shape index (κ2) is 7.49. The predicted molar refractivity (Wildman–Crippen MR) is 82.7 cm³/mol. The molecule has 18 heavy (non-hydrogen) atoms. The minimum Gasteiger partial charge on any atom is -0.393 e. The molecule has 0 fully saturated rings. The predicted octanol–water partition coefficient (Wildman–Crippen LogP) is 3.13. The summed E-state index contributed by atoms with van der Waals surface area (Å²) in [7, 11) is 0. The molecule has 100 valence electrons. The zero-order chi connectivity index (χ0) is 13.5. The molecule has 0 spiro atoms. The lowest BCUT2D eigenvalue weighted by molar-refractivity contribution is 0.243. The van der Waals surface area contributed by atoms with Crippen LogP contribution in [-0.2, 0) is 6.54 Å². The summed E-state index contributed by atoms with van der Waals surface area (Å²) in [4.78, 5) is 3.03. The number of benzene rings is 1. The largest absolute Gasteiger partial charge is 0.393 e. The molecule has 0 aliphatic heterocycles. The smallest absolute Gasteiger partial charge is 0.0740 e. The third-order valence-electron chi connectivity index (χ3n) is 2.79. The van der Waals surface area contributed by atoms with Crippen LogP contribution in [0.1, 0.15) is 31.4 Å². The quantitative estimate of drug-likeness (QED) is 0.767. The van der Waals surface area contributed by atoms with Crippen LogP contribution in [0.3, 0.4) is 0 Å². The van der Waals surface area contributed by atoms with E-state index in [4.69, 9.17) is 18.0 Å². The first-order valence-corrected chi connectivity index (χ1v) is 6.94. The lowest BCUT2D eigenvalue weighted by Crippen LogP contribution is -2.30. The van der Waals surface area contributed by atoms with Crippen molar-refractivity contribution in [3.05, 3.63) is 35.4 Å². The molecule has 0 heterocycles. The van der Waals surface area contributed by atoms with Crippen LogP contribution in [-0.4, -0.2) is 23.0 Å². The van der Waals surface area contributed by atoms with Crippen LogP contribution in [0, 0.1) is 12.8 Å². The highest BCUT2D eigenvalue weighted by atomic mass is 32.1. The molecule has 2 N–H and O–H groups in total. The lowest BCUT2D eigenvalue weighted by atomic mass is 10.1. The molecule has 1 rings (SSSR count). The maximum atomic E-state index is 5.59. The second-order valence-electron chi connectivity index (χ2n) is 5.33. The Morgan fingerprint density at radius 1 is 1.39 bits per heavy atom. The van der Waals surface area contributed by atoms with Crippen molar-refractivity contribution in [2.75, 3.05) is 13.1 Å². The van der Waals surface area contributed by atoms with Gasteiger partial charge in [0.2, 0.25) is 0 Å². The molecule has 0 aromatic heterocycles. The Morgan fingerprint density at radius 2 is 2.11 bits per heavy atom. The van der Waals surface area contributed by atoms with E-state index in [0.717, 1.165) is 26.1 Å². The van der Waals surface area contributed by atoms with Gasteiger partial charge in [-0.3, -0.25) is 4.90 Å². The van der Waals surface area contributed by atoms with Crippen LogP contribution in [0.2, 0.25) is 0 Å². The topological polar surface area (TPSA) is 29.3 Å².